The fourth-order valence-electron chi connectivity index (χ4n) is 1.40. The Morgan fingerprint density at radius 1 is 1.22 bits per heavy atom. The molecule has 0 saturated carbocycles. The number of pyridine rings is 1. The highest BCUT2D eigenvalue weighted by Gasteiger charge is 2.09. The fraction of sp³-hybridized carbons (Fsp3) is 0.0769. The highest BCUT2D eigenvalue weighted by molar-refractivity contribution is 9.10. The molecule has 1 N–H and O–H groups in total. The number of hydrogen-bond acceptors (Lipinski definition) is 3. The first kappa shape index (κ1) is 12.6. The zero-order valence-corrected chi connectivity index (χ0v) is 11.3. The number of aromatic nitrogens is 1. The van der Waals surface area contributed by atoms with Gasteiger partial charge in [0.05, 0.1) is 12.8 Å². The molecule has 5 heteroatoms. The molecule has 18 heavy (non-hydrogen) atoms. The maximum atomic E-state index is 12.0. The molecule has 2 aromatic rings. The largest absolute Gasteiger partial charge is 0.481 e. The lowest BCUT2D eigenvalue weighted by Crippen LogP contribution is -2.14. The Bertz CT molecular complexity index is 572. The van der Waals surface area contributed by atoms with Gasteiger partial charge >= 0.3 is 0 Å². The number of carbonyl (C=O) groups excluding carboxylic acids is 1. The minimum absolute atomic E-state index is 0.277. The van der Waals surface area contributed by atoms with Gasteiger partial charge in [-0.05, 0) is 34.1 Å². The summed E-state index contributed by atoms with van der Waals surface area (Å²) in [7, 11) is 1.51. The lowest BCUT2D eigenvalue weighted by atomic mass is 10.3. The molecule has 1 amide bonds. The van der Waals surface area contributed by atoms with Gasteiger partial charge in [0.2, 0.25) is 5.88 Å². The van der Waals surface area contributed by atoms with Crippen LogP contribution in [-0.2, 0) is 0 Å². The SMILES string of the molecule is COc1cccc(C(=O)Nc2ccccc2Br)n1. The second-order valence-corrected chi connectivity index (χ2v) is 4.35. The van der Waals surface area contributed by atoms with Crippen molar-refractivity contribution in [1.29, 1.82) is 0 Å². The van der Waals surface area contributed by atoms with Crippen molar-refractivity contribution in [3.8, 4) is 5.88 Å². The maximum absolute atomic E-state index is 12.0. The maximum Gasteiger partial charge on any atom is 0.274 e. The number of benzene rings is 1. The molecular weight excluding hydrogens is 296 g/mol. The van der Waals surface area contributed by atoms with Crippen molar-refractivity contribution in [2.45, 2.75) is 0 Å². The average molecular weight is 307 g/mol. The molecule has 1 heterocycles. The van der Waals surface area contributed by atoms with E-state index in [1.54, 1.807) is 18.2 Å². The standard InChI is InChI=1S/C13H11BrN2O2/c1-18-12-8-4-7-11(15-12)13(17)16-10-6-3-2-5-9(10)14/h2-8H,1H3,(H,16,17). The number of anilines is 1. The molecule has 0 aliphatic heterocycles. The van der Waals surface area contributed by atoms with Gasteiger partial charge in [0.15, 0.2) is 0 Å². The van der Waals surface area contributed by atoms with E-state index in [2.05, 4.69) is 26.2 Å². The number of rotatable bonds is 3. The van der Waals surface area contributed by atoms with E-state index >= 15 is 0 Å². The van der Waals surface area contributed by atoms with Crippen LogP contribution in [0, 0.1) is 0 Å². The molecular formula is C13H11BrN2O2. The van der Waals surface area contributed by atoms with Gasteiger partial charge in [-0.1, -0.05) is 18.2 Å². The third-order valence-electron chi connectivity index (χ3n) is 2.29. The van der Waals surface area contributed by atoms with Crippen LogP contribution in [0.3, 0.4) is 0 Å². The number of nitrogens with zero attached hydrogens (tertiary/aromatic N) is 1. The van der Waals surface area contributed by atoms with Gasteiger partial charge in [0.1, 0.15) is 5.69 Å². The number of para-hydroxylation sites is 1. The molecule has 0 radical (unpaired) electrons. The van der Waals surface area contributed by atoms with E-state index in [9.17, 15) is 4.79 Å². The van der Waals surface area contributed by atoms with Crippen molar-refractivity contribution in [3.63, 3.8) is 0 Å². The van der Waals surface area contributed by atoms with Crippen LogP contribution >= 0.6 is 15.9 Å². The minimum atomic E-state index is -0.277. The number of halogens is 1. The molecule has 0 bridgehead atoms. The molecule has 0 spiro atoms. The van der Waals surface area contributed by atoms with Crippen LogP contribution in [0.5, 0.6) is 5.88 Å². The topological polar surface area (TPSA) is 51.2 Å². The molecule has 0 fully saturated rings. The molecule has 0 saturated heterocycles. The Labute approximate surface area is 113 Å². The first-order chi connectivity index (χ1) is 8.70. The molecule has 0 unspecified atom stereocenters. The monoisotopic (exact) mass is 306 g/mol. The number of methoxy groups -OCH3 is 1. The summed E-state index contributed by atoms with van der Waals surface area (Å²) in [6, 6.07) is 12.4. The molecule has 1 aromatic carbocycles. The van der Waals surface area contributed by atoms with Crippen LogP contribution in [-0.4, -0.2) is 18.0 Å². The number of nitrogens with one attached hydrogen (secondary N) is 1. The Kier molecular flexibility index (Phi) is 3.94. The smallest absolute Gasteiger partial charge is 0.274 e. The molecule has 92 valence electrons. The fourth-order valence-corrected chi connectivity index (χ4v) is 1.79. The van der Waals surface area contributed by atoms with Gasteiger partial charge in [-0.25, -0.2) is 4.98 Å². The number of amides is 1. The number of carbonyl (C=O) groups is 1. The van der Waals surface area contributed by atoms with E-state index in [0.717, 1.165) is 4.47 Å². The second kappa shape index (κ2) is 5.64. The van der Waals surface area contributed by atoms with Crippen LogP contribution in [0.4, 0.5) is 5.69 Å². The van der Waals surface area contributed by atoms with Crippen molar-refractivity contribution in [2.75, 3.05) is 12.4 Å². The van der Waals surface area contributed by atoms with Crippen molar-refractivity contribution < 1.29 is 9.53 Å². The zero-order valence-electron chi connectivity index (χ0n) is 9.68. The summed E-state index contributed by atoms with van der Waals surface area (Å²) in [6.45, 7) is 0. The van der Waals surface area contributed by atoms with Gasteiger partial charge in [0.25, 0.3) is 5.91 Å². The second-order valence-electron chi connectivity index (χ2n) is 3.50. The van der Waals surface area contributed by atoms with Gasteiger partial charge in [-0.2, -0.15) is 0 Å². The first-order valence-corrected chi connectivity index (χ1v) is 6.07. The molecule has 4 nitrogen and oxygen atoms in total. The highest BCUT2D eigenvalue weighted by atomic mass is 79.9. The minimum Gasteiger partial charge on any atom is -0.481 e. The van der Waals surface area contributed by atoms with Gasteiger partial charge < -0.3 is 10.1 Å². The Morgan fingerprint density at radius 2 is 2.00 bits per heavy atom. The lowest BCUT2D eigenvalue weighted by Gasteiger charge is -2.07. The molecule has 0 aliphatic rings. The van der Waals surface area contributed by atoms with Crippen molar-refractivity contribution >= 4 is 27.5 Å². The van der Waals surface area contributed by atoms with E-state index in [4.69, 9.17) is 4.74 Å². The average Bonchev–Trinajstić information content (AvgIpc) is 2.41. The third-order valence-corrected chi connectivity index (χ3v) is 2.98. The summed E-state index contributed by atoms with van der Waals surface area (Å²) >= 11 is 3.37. The lowest BCUT2D eigenvalue weighted by molar-refractivity contribution is 0.102. The van der Waals surface area contributed by atoms with Crippen molar-refractivity contribution in [2.24, 2.45) is 0 Å². The Hall–Kier alpha value is -1.88. The van der Waals surface area contributed by atoms with E-state index in [-0.39, 0.29) is 5.91 Å². The summed E-state index contributed by atoms with van der Waals surface area (Å²) in [6.07, 6.45) is 0. The summed E-state index contributed by atoms with van der Waals surface area (Å²) in [5.41, 5.74) is 1.01. The van der Waals surface area contributed by atoms with E-state index in [1.165, 1.54) is 7.11 Å². The molecule has 0 atom stereocenters. The summed E-state index contributed by atoms with van der Waals surface area (Å²) < 4.78 is 5.80. The van der Waals surface area contributed by atoms with Crippen molar-refractivity contribution in [1.82, 2.24) is 4.98 Å². The van der Waals surface area contributed by atoms with E-state index in [1.807, 2.05) is 24.3 Å². The Morgan fingerprint density at radius 3 is 2.72 bits per heavy atom. The van der Waals surface area contributed by atoms with Crippen molar-refractivity contribution in [3.05, 3.63) is 52.6 Å². The molecule has 1 aromatic heterocycles. The molecule has 2 rings (SSSR count). The third kappa shape index (κ3) is 2.87. The predicted octanol–water partition coefficient (Wildman–Crippen LogP) is 3.11. The Balaban J connectivity index is 2.19. The van der Waals surface area contributed by atoms with Crippen LogP contribution in [0.2, 0.25) is 0 Å². The highest BCUT2D eigenvalue weighted by Crippen LogP contribution is 2.21. The zero-order chi connectivity index (χ0) is 13.0. The van der Waals surface area contributed by atoms with E-state index < -0.39 is 0 Å². The van der Waals surface area contributed by atoms with Crippen LogP contribution in [0.1, 0.15) is 10.5 Å². The quantitative estimate of drug-likeness (QED) is 0.948. The van der Waals surface area contributed by atoms with Gasteiger partial charge in [0, 0.05) is 10.5 Å². The van der Waals surface area contributed by atoms with Gasteiger partial charge in [-0.15, -0.1) is 0 Å². The van der Waals surface area contributed by atoms with Crippen LogP contribution in [0.15, 0.2) is 46.9 Å². The van der Waals surface area contributed by atoms with E-state index in [0.29, 0.717) is 17.3 Å². The number of ether oxygens (including phenoxy) is 1. The predicted molar refractivity (Wildman–Crippen MR) is 72.9 cm³/mol. The first-order valence-electron chi connectivity index (χ1n) is 5.27. The van der Waals surface area contributed by atoms with Gasteiger partial charge in [-0.3, -0.25) is 4.79 Å². The summed E-state index contributed by atoms with van der Waals surface area (Å²) in [4.78, 5) is 16.1. The number of hydrogen-bond donors (Lipinski definition) is 1. The van der Waals surface area contributed by atoms with Crippen LogP contribution in [0.25, 0.3) is 0 Å². The molecule has 0 aliphatic carbocycles. The van der Waals surface area contributed by atoms with Crippen LogP contribution < -0.4 is 10.1 Å². The summed E-state index contributed by atoms with van der Waals surface area (Å²) in [5.74, 6) is 0.135. The summed E-state index contributed by atoms with van der Waals surface area (Å²) in [5, 5.41) is 2.77. The normalized spacial score (nSPS) is 9.89.